The topological polar surface area (TPSA) is 203 Å². The lowest BCUT2D eigenvalue weighted by molar-refractivity contribution is -0.671. The number of aryl methyl sites for hydroxylation is 4. The lowest BCUT2D eigenvalue weighted by Crippen LogP contribution is -2.29. The Balaban J connectivity index is 0.882. The van der Waals surface area contributed by atoms with E-state index in [-0.39, 0.29) is 74.3 Å². The molecule has 0 fully saturated rings. The Labute approximate surface area is 608 Å². The summed E-state index contributed by atoms with van der Waals surface area (Å²) in [4.78, 5) is 55.3. The molecule has 1 aliphatic carbocycles. The Hall–Kier alpha value is -9.68. The van der Waals surface area contributed by atoms with Gasteiger partial charge in [0, 0.05) is 83.0 Å². The van der Waals surface area contributed by atoms with E-state index in [1.807, 2.05) is 60.1 Å². The quantitative estimate of drug-likeness (QED) is 0.0357. The molecule has 2 amide bonds. The van der Waals surface area contributed by atoms with Crippen molar-refractivity contribution in [3.05, 3.63) is 254 Å². The van der Waals surface area contributed by atoms with Gasteiger partial charge in [-0.05, 0) is 195 Å². The molecule has 0 saturated carbocycles. The van der Waals surface area contributed by atoms with Gasteiger partial charge in [-0.15, -0.1) is 10.2 Å². The molecular weight excluding hydrogens is 1480 g/mol. The van der Waals surface area contributed by atoms with E-state index in [0.717, 1.165) is 62.8 Å². The molecule has 10 aromatic rings. The van der Waals surface area contributed by atoms with Gasteiger partial charge >= 0.3 is 0 Å². The number of anilines is 2. The van der Waals surface area contributed by atoms with Crippen molar-refractivity contribution in [1.82, 2.24) is 30.0 Å². The average molecular weight is 1560 g/mol. The molecule has 18 nitrogen and oxygen atoms in total. The van der Waals surface area contributed by atoms with Crippen LogP contribution < -0.4 is 28.4 Å². The van der Waals surface area contributed by atoms with Crippen molar-refractivity contribution in [2.75, 3.05) is 23.0 Å². The number of nitrogens with zero attached hydrogens (tertiary/aromatic N) is 10. The van der Waals surface area contributed by atoms with E-state index in [1.165, 1.54) is 9.80 Å². The van der Waals surface area contributed by atoms with Crippen LogP contribution in [0.25, 0.3) is 24.3 Å². The van der Waals surface area contributed by atoms with E-state index in [2.05, 4.69) is 204 Å². The van der Waals surface area contributed by atoms with Crippen LogP contribution in [0.15, 0.2) is 146 Å². The molecule has 0 radical (unpaired) electrons. The molecule has 6 heterocycles. The lowest BCUT2D eigenvalue weighted by Gasteiger charge is -2.26. The van der Waals surface area contributed by atoms with Gasteiger partial charge in [-0.3, -0.25) is 38.3 Å². The van der Waals surface area contributed by atoms with E-state index in [0.29, 0.717) is 93.6 Å². The number of fused-ring (bicyclic) bond motifs is 10. The number of benzene rings is 6. The number of halogens is 2. The summed E-state index contributed by atoms with van der Waals surface area (Å²) in [6, 6.07) is 36.1. The van der Waals surface area contributed by atoms with Gasteiger partial charge in [0.2, 0.25) is 0 Å². The van der Waals surface area contributed by atoms with E-state index in [9.17, 15) is 29.4 Å². The normalized spacial score (nSPS) is 13.9. The Morgan fingerprint density at radius 1 is 0.470 bits per heavy atom. The van der Waals surface area contributed by atoms with Crippen LogP contribution in [0.1, 0.15) is 164 Å². The van der Waals surface area contributed by atoms with Crippen LogP contribution in [-0.2, 0) is 86.4 Å². The number of aromatic nitrogens is 8. The minimum Gasteiger partial charge on any atom is -0.507 e. The maximum absolute atomic E-state index is 13.2. The molecule has 4 aromatic heterocycles. The van der Waals surface area contributed by atoms with E-state index in [1.54, 1.807) is 46.0 Å². The fourth-order valence-corrected chi connectivity index (χ4v) is 14.0. The van der Waals surface area contributed by atoms with Crippen LogP contribution in [0, 0.1) is 7.14 Å². The number of ether oxygens (including phenoxy) is 2. The fourth-order valence-electron chi connectivity index (χ4n) is 13.1. The monoisotopic (exact) mass is 1560 g/mol. The predicted molar refractivity (Wildman–Crippen MR) is 400 cm³/mol. The van der Waals surface area contributed by atoms with Gasteiger partial charge in [0.25, 0.3) is 23.4 Å². The lowest BCUT2D eigenvalue weighted by atomic mass is 9.81. The van der Waals surface area contributed by atoms with Crippen molar-refractivity contribution in [1.29, 1.82) is 0 Å². The first-order chi connectivity index (χ1) is 47.8. The number of aromatic hydroxyl groups is 2. The second-order valence-electron chi connectivity index (χ2n) is 28.2. The van der Waals surface area contributed by atoms with Crippen LogP contribution >= 0.6 is 45.2 Å². The highest BCUT2D eigenvalue weighted by Crippen LogP contribution is 2.43. The van der Waals surface area contributed by atoms with Gasteiger partial charge in [0.1, 0.15) is 48.5 Å². The standard InChI is InChI=1S/C80H76I2N10O8/c1-79(2,3)61-39-57-35-53-31-51(13-11-49-19-25-87(7)26-20-49)33-55(71(53)93)37-59-41-62(80(4,5)6)42-60(76(59)100-30-10-24-90-46-66(84-86-90)48-92-70-18-16-64(82)44-68(70)74(96)78(92)98)38-56-34-52(14-12-50-21-27-88(8)28-22-50)32-54(72(56)94)36-58(40-61)75(57)99-29-9-23-89-45-65(83-85-89)47-91-69-17-15-63(81)43-67(69)73(95)77(91)97/h11-22,25-28,31-34,39-46H,9-10,23-24,29-30,35-38,47-48H2,1-8H3/p+2. The number of rotatable bonds is 18. The fraction of sp³-hybridized carbons (Fsp3) is 0.275. The number of amides is 2. The molecule has 100 heavy (non-hydrogen) atoms. The molecule has 0 atom stereocenters. The third-order valence-corrected chi connectivity index (χ3v) is 19.8. The molecule has 0 unspecified atom stereocenters. The number of carbonyl (C=O) groups excluding carboxylic acids is 4. The number of carbonyl (C=O) groups is 4. The highest BCUT2D eigenvalue weighted by atomic mass is 127. The zero-order valence-electron chi connectivity index (χ0n) is 57.2. The summed E-state index contributed by atoms with van der Waals surface area (Å²) >= 11 is 4.27. The minimum atomic E-state index is -0.595. The summed E-state index contributed by atoms with van der Waals surface area (Å²) < 4.78 is 23.4. The van der Waals surface area contributed by atoms with Crippen molar-refractivity contribution in [3.8, 4) is 23.0 Å². The third-order valence-electron chi connectivity index (χ3n) is 18.5. The van der Waals surface area contributed by atoms with Crippen molar-refractivity contribution in [2.45, 2.75) is 117 Å². The molecule has 2 aliphatic heterocycles. The van der Waals surface area contributed by atoms with Gasteiger partial charge < -0.3 is 19.7 Å². The first-order valence-corrected chi connectivity index (χ1v) is 35.7. The zero-order chi connectivity index (χ0) is 70.3. The number of ketones is 2. The predicted octanol–water partition coefficient (Wildman–Crippen LogP) is 13.1. The van der Waals surface area contributed by atoms with Crippen LogP contribution in [0.3, 0.4) is 0 Å². The summed E-state index contributed by atoms with van der Waals surface area (Å²) in [6.45, 7) is 14.7. The van der Waals surface area contributed by atoms with Gasteiger partial charge in [0.15, 0.2) is 24.8 Å². The van der Waals surface area contributed by atoms with Gasteiger partial charge in [-0.1, -0.05) is 101 Å². The average Bonchev–Trinajstić information content (AvgIpc) is 1.44. The second-order valence-corrected chi connectivity index (χ2v) is 30.7. The number of phenols is 2. The van der Waals surface area contributed by atoms with Gasteiger partial charge in [-0.2, -0.15) is 0 Å². The summed E-state index contributed by atoms with van der Waals surface area (Å²) in [5.41, 5.74) is 14.5. The van der Waals surface area contributed by atoms with Crippen molar-refractivity contribution in [2.24, 2.45) is 14.1 Å². The minimum absolute atomic E-state index is 0.0931. The highest BCUT2D eigenvalue weighted by molar-refractivity contribution is 14.1. The summed E-state index contributed by atoms with van der Waals surface area (Å²) in [5.74, 6) is -0.644. The smallest absolute Gasteiger partial charge is 0.299 e. The molecule has 0 spiro atoms. The number of phenolic OH excluding ortho intramolecular Hbond substituents is 2. The summed E-state index contributed by atoms with van der Waals surface area (Å²) in [7, 11) is 3.98. The molecule has 8 bridgehead atoms. The van der Waals surface area contributed by atoms with E-state index in [4.69, 9.17) is 9.47 Å². The zero-order valence-corrected chi connectivity index (χ0v) is 61.5. The Bertz CT molecular complexity index is 4540. The second kappa shape index (κ2) is 28.5. The molecular formula is C80H78I2N10O8+2. The third kappa shape index (κ3) is 15.2. The van der Waals surface area contributed by atoms with Crippen molar-refractivity contribution < 1.29 is 48.0 Å². The van der Waals surface area contributed by atoms with Crippen LogP contribution in [0.2, 0.25) is 0 Å². The number of Topliss-reactive ketones (excluding diaryl/α,β-unsaturated/α-hetero) is 2. The molecule has 6 aromatic carbocycles. The summed E-state index contributed by atoms with van der Waals surface area (Å²) in [6.07, 6.45) is 22.2. The Kier molecular flexibility index (Phi) is 19.6. The number of pyridine rings is 2. The van der Waals surface area contributed by atoms with Crippen molar-refractivity contribution in [3.63, 3.8) is 0 Å². The number of hydrogen-bond acceptors (Lipinski definition) is 12. The molecule has 2 N–H and O–H groups in total. The van der Waals surface area contributed by atoms with Gasteiger partial charge in [-0.25, -0.2) is 9.13 Å². The molecule has 20 heteroatoms. The van der Waals surface area contributed by atoms with Crippen molar-refractivity contribution >= 4 is 104 Å². The number of hydrogen-bond donors (Lipinski definition) is 2. The van der Waals surface area contributed by atoms with E-state index >= 15 is 0 Å². The van der Waals surface area contributed by atoms with Gasteiger partial charge in [0.05, 0.1) is 61.2 Å². The van der Waals surface area contributed by atoms with Crippen LogP contribution in [-0.4, -0.2) is 76.8 Å². The Morgan fingerprint density at radius 2 is 0.810 bits per heavy atom. The maximum atomic E-state index is 13.2. The maximum Gasteiger partial charge on any atom is 0.299 e. The van der Waals surface area contributed by atoms with E-state index < -0.39 is 23.4 Å². The molecule has 3 aliphatic rings. The Morgan fingerprint density at radius 3 is 1.15 bits per heavy atom. The highest BCUT2D eigenvalue weighted by Gasteiger charge is 2.38. The molecule has 508 valence electrons. The summed E-state index contributed by atoms with van der Waals surface area (Å²) in [5, 5.41) is 43.9. The van der Waals surface area contributed by atoms with Crippen LogP contribution in [0.5, 0.6) is 23.0 Å². The molecule has 13 rings (SSSR count). The molecule has 0 saturated heterocycles. The first kappa shape index (κ1) is 68.8. The first-order valence-electron chi connectivity index (χ1n) is 33.5. The largest absolute Gasteiger partial charge is 0.507 e. The SMILES string of the molecule is C[n+]1ccc(/C=C/c2cc3c(O)c(c2)Cc2cc(C(C)(C)C)cc(c2OCCCn2cc(CN4C(=O)C(=O)c5cc(I)ccc54)nn2)Cc2cc(/C=C/c4cc[n+](C)cc4)cc(c2O)Cc2cc(C(C)(C)C)cc(c2OCCCn2cc(CN4C(=O)C(=O)c5cc(I)ccc54)nn2)C3)cc1. The van der Waals surface area contributed by atoms with Crippen LogP contribution in [0.4, 0.5) is 11.4 Å².